The molecule has 3 rings (SSSR count). The highest BCUT2D eigenvalue weighted by Gasteiger charge is 2.27. The van der Waals surface area contributed by atoms with Crippen LogP contribution in [-0.4, -0.2) is 5.91 Å². The molecule has 3 nitrogen and oxygen atoms in total. The molecule has 3 N–H and O–H groups in total. The number of hydrogen-bond donors (Lipinski definition) is 2. The second-order valence-corrected chi connectivity index (χ2v) is 5.10. The van der Waals surface area contributed by atoms with Gasteiger partial charge in [-0.1, -0.05) is 24.3 Å². The van der Waals surface area contributed by atoms with E-state index in [-0.39, 0.29) is 17.5 Å². The SMILES string of the molecule is Nc1ccc(NC(=O)C2Cc3ccccc3C2)cc1F. The van der Waals surface area contributed by atoms with Gasteiger partial charge in [-0.15, -0.1) is 0 Å². The maximum absolute atomic E-state index is 13.3. The number of amides is 1. The number of nitrogen functional groups attached to an aromatic ring is 1. The average Bonchev–Trinajstić information content (AvgIpc) is 2.87. The Hall–Kier alpha value is -2.36. The van der Waals surface area contributed by atoms with Crippen molar-refractivity contribution in [2.45, 2.75) is 12.8 Å². The fraction of sp³-hybridized carbons (Fsp3) is 0.188. The summed E-state index contributed by atoms with van der Waals surface area (Å²) in [4.78, 5) is 12.2. The Bertz CT molecular complexity index is 644. The molecule has 1 aliphatic rings. The summed E-state index contributed by atoms with van der Waals surface area (Å²) in [6.07, 6.45) is 1.47. The van der Waals surface area contributed by atoms with Crippen LogP contribution in [-0.2, 0) is 17.6 Å². The quantitative estimate of drug-likeness (QED) is 0.824. The summed E-state index contributed by atoms with van der Waals surface area (Å²) in [5, 5.41) is 2.75. The zero-order valence-electron chi connectivity index (χ0n) is 10.9. The number of halogens is 1. The minimum Gasteiger partial charge on any atom is -0.396 e. The molecule has 0 spiro atoms. The van der Waals surface area contributed by atoms with Crippen molar-refractivity contribution in [1.82, 2.24) is 0 Å². The van der Waals surface area contributed by atoms with Gasteiger partial charge in [0.05, 0.1) is 5.69 Å². The molecule has 0 radical (unpaired) electrons. The van der Waals surface area contributed by atoms with Gasteiger partial charge in [-0.05, 0) is 42.2 Å². The maximum atomic E-state index is 13.3. The Morgan fingerprint density at radius 2 is 1.80 bits per heavy atom. The first-order valence-corrected chi connectivity index (χ1v) is 6.56. The molecule has 0 atom stereocenters. The zero-order chi connectivity index (χ0) is 14.1. The lowest BCUT2D eigenvalue weighted by atomic mass is 10.1. The smallest absolute Gasteiger partial charge is 0.228 e. The highest BCUT2D eigenvalue weighted by Crippen LogP contribution is 2.27. The zero-order valence-corrected chi connectivity index (χ0v) is 10.9. The summed E-state index contributed by atoms with van der Waals surface area (Å²) in [7, 11) is 0. The number of benzene rings is 2. The molecule has 0 aliphatic heterocycles. The number of carbonyl (C=O) groups excluding carboxylic acids is 1. The number of carbonyl (C=O) groups is 1. The molecule has 0 aromatic heterocycles. The molecule has 2 aromatic carbocycles. The third-order valence-corrected chi connectivity index (χ3v) is 3.69. The van der Waals surface area contributed by atoms with Gasteiger partial charge >= 0.3 is 0 Å². The van der Waals surface area contributed by atoms with E-state index in [1.165, 1.54) is 23.3 Å². The van der Waals surface area contributed by atoms with Crippen LogP contribution >= 0.6 is 0 Å². The molecule has 2 aromatic rings. The van der Waals surface area contributed by atoms with Gasteiger partial charge in [0.25, 0.3) is 0 Å². The Morgan fingerprint density at radius 1 is 1.15 bits per heavy atom. The lowest BCUT2D eigenvalue weighted by molar-refractivity contribution is -0.119. The molecule has 1 amide bonds. The third kappa shape index (κ3) is 2.37. The number of nitrogens with two attached hydrogens (primary N) is 1. The van der Waals surface area contributed by atoms with Crippen LogP contribution in [0, 0.1) is 11.7 Å². The minimum atomic E-state index is -0.516. The summed E-state index contributed by atoms with van der Waals surface area (Å²) in [5.41, 5.74) is 8.37. The summed E-state index contributed by atoms with van der Waals surface area (Å²) in [6.45, 7) is 0. The van der Waals surface area contributed by atoms with E-state index in [0.29, 0.717) is 5.69 Å². The molecule has 0 fully saturated rings. The van der Waals surface area contributed by atoms with Gasteiger partial charge in [-0.3, -0.25) is 4.79 Å². The van der Waals surface area contributed by atoms with Crippen molar-refractivity contribution in [3.05, 3.63) is 59.4 Å². The van der Waals surface area contributed by atoms with Crippen LogP contribution < -0.4 is 11.1 Å². The van der Waals surface area contributed by atoms with Gasteiger partial charge in [-0.25, -0.2) is 4.39 Å². The van der Waals surface area contributed by atoms with Gasteiger partial charge in [0.1, 0.15) is 5.82 Å². The van der Waals surface area contributed by atoms with Gasteiger partial charge in [0.15, 0.2) is 0 Å². The average molecular weight is 270 g/mol. The first-order chi connectivity index (χ1) is 9.63. The van der Waals surface area contributed by atoms with Crippen LogP contribution in [0.4, 0.5) is 15.8 Å². The van der Waals surface area contributed by atoms with E-state index in [1.807, 2.05) is 24.3 Å². The number of nitrogens with one attached hydrogen (secondary N) is 1. The lowest BCUT2D eigenvalue weighted by Gasteiger charge is -2.11. The largest absolute Gasteiger partial charge is 0.396 e. The molecule has 1 aliphatic carbocycles. The maximum Gasteiger partial charge on any atom is 0.228 e. The van der Waals surface area contributed by atoms with Crippen molar-refractivity contribution in [3.63, 3.8) is 0 Å². The third-order valence-electron chi connectivity index (χ3n) is 3.69. The van der Waals surface area contributed by atoms with Crippen molar-refractivity contribution < 1.29 is 9.18 Å². The topological polar surface area (TPSA) is 55.1 Å². The molecular weight excluding hydrogens is 255 g/mol. The highest BCUT2D eigenvalue weighted by atomic mass is 19.1. The second kappa shape index (κ2) is 4.96. The van der Waals surface area contributed by atoms with Crippen molar-refractivity contribution in [1.29, 1.82) is 0 Å². The van der Waals surface area contributed by atoms with Crippen LogP contribution in [0.1, 0.15) is 11.1 Å². The van der Waals surface area contributed by atoms with Gasteiger partial charge in [-0.2, -0.15) is 0 Å². The van der Waals surface area contributed by atoms with Gasteiger partial charge in [0.2, 0.25) is 5.91 Å². The van der Waals surface area contributed by atoms with Gasteiger partial charge in [0, 0.05) is 11.6 Å². The summed E-state index contributed by atoms with van der Waals surface area (Å²) >= 11 is 0. The van der Waals surface area contributed by atoms with Crippen molar-refractivity contribution in [2.24, 2.45) is 5.92 Å². The van der Waals surface area contributed by atoms with Crippen LogP contribution in [0.5, 0.6) is 0 Å². The van der Waals surface area contributed by atoms with E-state index in [1.54, 1.807) is 6.07 Å². The van der Waals surface area contributed by atoms with Gasteiger partial charge < -0.3 is 11.1 Å². The van der Waals surface area contributed by atoms with Crippen LogP contribution in [0.25, 0.3) is 0 Å². The second-order valence-electron chi connectivity index (χ2n) is 5.10. The van der Waals surface area contributed by atoms with E-state index in [0.717, 1.165) is 12.8 Å². The van der Waals surface area contributed by atoms with Crippen molar-refractivity contribution >= 4 is 17.3 Å². The fourth-order valence-corrected chi connectivity index (χ4v) is 2.59. The Morgan fingerprint density at radius 3 is 2.40 bits per heavy atom. The molecule has 0 heterocycles. The number of rotatable bonds is 2. The lowest BCUT2D eigenvalue weighted by Crippen LogP contribution is -2.23. The Balaban J connectivity index is 1.71. The highest BCUT2D eigenvalue weighted by molar-refractivity contribution is 5.93. The van der Waals surface area contributed by atoms with Crippen LogP contribution in [0.3, 0.4) is 0 Å². The molecule has 4 heteroatoms. The van der Waals surface area contributed by atoms with E-state index >= 15 is 0 Å². The summed E-state index contributed by atoms with van der Waals surface area (Å²) < 4.78 is 13.3. The number of anilines is 2. The standard InChI is InChI=1S/C16H15FN2O/c17-14-9-13(5-6-15(14)18)19-16(20)12-7-10-3-1-2-4-11(10)8-12/h1-6,9,12H,7-8,18H2,(H,19,20). The molecule has 0 bridgehead atoms. The fourth-order valence-electron chi connectivity index (χ4n) is 2.59. The van der Waals surface area contributed by atoms with E-state index in [4.69, 9.17) is 5.73 Å². The normalized spacial score (nSPS) is 14.1. The number of fused-ring (bicyclic) bond motifs is 1. The van der Waals surface area contributed by atoms with Crippen molar-refractivity contribution in [2.75, 3.05) is 11.1 Å². The van der Waals surface area contributed by atoms with E-state index in [2.05, 4.69) is 5.32 Å². The first-order valence-electron chi connectivity index (χ1n) is 6.56. The molecule has 0 saturated heterocycles. The van der Waals surface area contributed by atoms with Crippen LogP contribution in [0.2, 0.25) is 0 Å². The van der Waals surface area contributed by atoms with E-state index < -0.39 is 5.82 Å². The monoisotopic (exact) mass is 270 g/mol. The molecule has 102 valence electrons. The van der Waals surface area contributed by atoms with Crippen molar-refractivity contribution in [3.8, 4) is 0 Å². The minimum absolute atomic E-state index is 0.0784. The number of hydrogen-bond acceptors (Lipinski definition) is 2. The summed E-state index contributed by atoms with van der Waals surface area (Å²) in [5.74, 6) is -0.684. The van der Waals surface area contributed by atoms with E-state index in [9.17, 15) is 9.18 Å². The Labute approximate surface area is 116 Å². The first kappa shape index (κ1) is 12.7. The molecule has 0 saturated carbocycles. The predicted molar refractivity (Wildman–Crippen MR) is 76.8 cm³/mol. The predicted octanol–water partition coefficient (Wildman–Crippen LogP) is 2.76. The molecule has 0 unspecified atom stereocenters. The van der Waals surface area contributed by atoms with Crippen LogP contribution in [0.15, 0.2) is 42.5 Å². The molecule has 20 heavy (non-hydrogen) atoms. The summed E-state index contributed by atoms with van der Waals surface area (Å²) in [6, 6.07) is 12.4. The molecular formula is C16H15FN2O. The Kier molecular flexibility index (Phi) is 3.14.